The van der Waals surface area contributed by atoms with Crippen molar-refractivity contribution in [1.29, 1.82) is 0 Å². The second-order valence-electron chi connectivity index (χ2n) is 3.72. The Hall–Kier alpha value is -1.10. The van der Waals surface area contributed by atoms with Crippen LogP contribution in [0.2, 0.25) is 0 Å². The van der Waals surface area contributed by atoms with Gasteiger partial charge in [0.1, 0.15) is 6.04 Å². The van der Waals surface area contributed by atoms with E-state index in [1.54, 1.807) is 6.92 Å². The van der Waals surface area contributed by atoms with Crippen molar-refractivity contribution in [2.45, 2.75) is 25.8 Å². The van der Waals surface area contributed by atoms with Gasteiger partial charge >= 0.3 is 11.9 Å². The predicted octanol–water partition coefficient (Wildman–Crippen LogP) is 0.0760. The molecule has 0 aliphatic heterocycles. The molecule has 5 heteroatoms. The van der Waals surface area contributed by atoms with Crippen molar-refractivity contribution < 1.29 is 19.1 Å². The van der Waals surface area contributed by atoms with Gasteiger partial charge in [0, 0.05) is 0 Å². The van der Waals surface area contributed by atoms with Crippen LogP contribution in [0, 0.1) is 11.8 Å². The minimum Gasteiger partial charge on any atom is -0.468 e. The third-order valence-electron chi connectivity index (χ3n) is 2.57. The molecule has 3 unspecified atom stereocenters. The molecule has 0 heterocycles. The van der Waals surface area contributed by atoms with Crippen LogP contribution in [0.4, 0.5) is 0 Å². The van der Waals surface area contributed by atoms with Crippen molar-refractivity contribution >= 4 is 11.9 Å². The third-order valence-corrected chi connectivity index (χ3v) is 2.57. The van der Waals surface area contributed by atoms with Gasteiger partial charge in [0.15, 0.2) is 0 Å². The minimum absolute atomic E-state index is 0.0688. The number of carbonyl (C=O) groups excluding carboxylic acids is 2. The lowest BCUT2D eigenvalue weighted by Gasteiger charge is -2.08. The van der Waals surface area contributed by atoms with E-state index in [0.29, 0.717) is 13.0 Å². The van der Waals surface area contributed by atoms with Crippen LogP contribution in [-0.4, -0.2) is 31.7 Å². The number of esters is 2. The van der Waals surface area contributed by atoms with Crippen LogP contribution in [0.15, 0.2) is 0 Å². The fourth-order valence-corrected chi connectivity index (χ4v) is 1.62. The van der Waals surface area contributed by atoms with Gasteiger partial charge in [-0.05, 0) is 25.7 Å². The normalized spacial score (nSPS) is 25.5. The first-order valence-electron chi connectivity index (χ1n) is 5.10. The molecule has 1 saturated carbocycles. The highest BCUT2D eigenvalue weighted by atomic mass is 16.5. The summed E-state index contributed by atoms with van der Waals surface area (Å²) < 4.78 is 9.37. The first kappa shape index (κ1) is 12.0. The first-order chi connectivity index (χ1) is 7.10. The van der Waals surface area contributed by atoms with E-state index in [1.165, 1.54) is 7.11 Å². The molecule has 0 aromatic carbocycles. The molecule has 0 amide bonds. The fraction of sp³-hybridized carbons (Fsp3) is 0.800. The molecule has 2 N–H and O–H groups in total. The van der Waals surface area contributed by atoms with Crippen molar-refractivity contribution in [3.8, 4) is 0 Å². The monoisotopic (exact) mass is 215 g/mol. The zero-order valence-electron chi connectivity index (χ0n) is 9.06. The van der Waals surface area contributed by atoms with Gasteiger partial charge in [-0.15, -0.1) is 0 Å². The number of ether oxygens (including phenoxy) is 2. The van der Waals surface area contributed by atoms with E-state index < -0.39 is 12.0 Å². The Morgan fingerprint density at radius 1 is 1.53 bits per heavy atom. The number of rotatable bonds is 5. The van der Waals surface area contributed by atoms with Gasteiger partial charge in [0.25, 0.3) is 0 Å². The predicted molar refractivity (Wildman–Crippen MR) is 52.8 cm³/mol. The molecule has 3 atom stereocenters. The van der Waals surface area contributed by atoms with Gasteiger partial charge in [-0.1, -0.05) is 0 Å². The maximum absolute atomic E-state index is 11.3. The van der Waals surface area contributed by atoms with Crippen LogP contribution >= 0.6 is 0 Å². The topological polar surface area (TPSA) is 78.6 Å². The van der Waals surface area contributed by atoms with E-state index in [4.69, 9.17) is 10.5 Å². The molecule has 0 radical (unpaired) electrons. The van der Waals surface area contributed by atoms with E-state index in [2.05, 4.69) is 4.74 Å². The van der Waals surface area contributed by atoms with Crippen molar-refractivity contribution in [3.63, 3.8) is 0 Å². The maximum atomic E-state index is 11.3. The average Bonchev–Trinajstić information content (AvgIpc) is 2.96. The summed E-state index contributed by atoms with van der Waals surface area (Å²) >= 11 is 0. The van der Waals surface area contributed by atoms with Crippen LogP contribution in [0.3, 0.4) is 0 Å². The van der Waals surface area contributed by atoms with E-state index in [-0.39, 0.29) is 17.8 Å². The Balaban J connectivity index is 2.27. The lowest BCUT2D eigenvalue weighted by Crippen LogP contribution is -2.32. The molecular formula is C10H17NO4. The Morgan fingerprint density at radius 2 is 2.20 bits per heavy atom. The molecule has 1 aliphatic rings. The Kier molecular flexibility index (Phi) is 4.08. The van der Waals surface area contributed by atoms with Gasteiger partial charge in [0.2, 0.25) is 0 Å². The molecular weight excluding hydrogens is 198 g/mol. The Bertz CT molecular complexity index is 254. The van der Waals surface area contributed by atoms with Gasteiger partial charge in [-0.25, -0.2) is 0 Å². The zero-order chi connectivity index (χ0) is 11.4. The number of hydrogen-bond acceptors (Lipinski definition) is 5. The molecule has 1 fully saturated rings. The summed E-state index contributed by atoms with van der Waals surface area (Å²) in [4.78, 5) is 22.3. The number of methoxy groups -OCH3 is 1. The Morgan fingerprint density at radius 3 is 2.73 bits per heavy atom. The third kappa shape index (κ3) is 3.20. The molecule has 1 rings (SSSR count). The first-order valence-corrected chi connectivity index (χ1v) is 5.10. The van der Waals surface area contributed by atoms with Crippen molar-refractivity contribution in [2.24, 2.45) is 17.6 Å². The fourth-order valence-electron chi connectivity index (χ4n) is 1.62. The molecule has 15 heavy (non-hydrogen) atoms. The second kappa shape index (κ2) is 5.11. The number of carbonyl (C=O) groups is 2. The average molecular weight is 215 g/mol. The summed E-state index contributed by atoms with van der Waals surface area (Å²) in [6.07, 6.45) is 1.26. The Labute approximate surface area is 88.9 Å². The zero-order valence-corrected chi connectivity index (χ0v) is 9.06. The van der Waals surface area contributed by atoms with Crippen molar-refractivity contribution in [1.82, 2.24) is 0 Å². The lowest BCUT2D eigenvalue weighted by molar-refractivity contribution is -0.146. The minimum atomic E-state index is -0.626. The molecule has 0 spiro atoms. The van der Waals surface area contributed by atoms with Gasteiger partial charge in [-0.2, -0.15) is 0 Å². The van der Waals surface area contributed by atoms with E-state index in [1.807, 2.05) is 0 Å². The molecule has 5 nitrogen and oxygen atoms in total. The summed E-state index contributed by atoms with van der Waals surface area (Å²) in [6, 6.07) is -0.626. The number of hydrogen-bond donors (Lipinski definition) is 1. The highest BCUT2D eigenvalue weighted by Gasteiger charge is 2.45. The summed E-state index contributed by atoms with van der Waals surface area (Å²) in [6.45, 7) is 2.17. The molecule has 0 saturated heterocycles. The summed E-state index contributed by atoms with van der Waals surface area (Å²) in [5.41, 5.74) is 5.58. The van der Waals surface area contributed by atoms with Crippen molar-refractivity contribution in [2.75, 3.05) is 13.7 Å². The molecule has 1 aliphatic carbocycles. The van der Waals surface area contributed by atoms with E-state index >= 15 is 0 Å². The summed E-state index contributed by atoms with van der Waals surface area (Å²) in [5.74, 6) is -0.497. The van der Waals surface area contributed by atoms with E-state index in [9.17, 15) is 9.59 Å². The molecule has 0 aromatic rings. The largest absolute Gasteiger partial charge is 0.468 e. The number of nitrogens with two attached hydrogens (primary N) is 1. The lowest BCUT2D eigenvalue weighted by atomic mass is 10.1. The van der Waals surface area contributed by atoms with Crippen LogP contribution in [0.25, 0.3) is 0 Å². The van der Waals surface area contributed by atoms with Crippen LogP contribution < -0.4 is 5.73 Å². The second-order valence-corrected chi connectivity index (χ2v) is 3.72. The SMILES string of the molecule is CCOC(=O)C1CC1CC(N)C(=O)OC. The van der Waals surface area contributed by atoms with Crippen LogP contribution in [-0.2, 0) is 19.1 Å². The van der Waals surface area contributed by atoms with E-state index in [0.717, 1.165) is 6.42 Å². The molecule has 86 valence electrons. The molecule has 0 bridgehead atoms. The highest BCUT2D eigenvalue weighted by Crippen LogP contribution is 2.42. The summed E-state index contributed by atoms with van der Waals surface area (Å²) in [5, 5.41) is 0. The van der Waals surface area contributed by atoms with Gasteiger partial charge in [-0.3, -0.25) is 9.59 Å². The smallest absolute Gasteiger partial charge is 0.322 e. The van der Waals surface area contributed by atoms with Gasteiger partial charge < -0.3 is 15.2 Å². The summed E-state index contributed by atoms with van der Waals surface area (Å²) in [7, 11) is 1.30. The standard InChI is InChI=1S/C10H17NO4/c1-3-15-9(12)7-4-6(7)5-8(11)10(13)14-2/h6-8H,3-5,11H2,1-2H3. The quantitative estimate of drug-likeness (QED) is 0.657. The van der Waals surface area contributed by atoms with Crippen LogP contribution in [0.5, 0.6) is 0 Å². The maximum Gasteiger partial charge on any atom is 0.322 e. The van der Waals surface area contributed by atoms with Gasteiger partial charge in [0.05, 0.1) is 19.6 Å². The molecule has 0 aromatic heterocycles. The highest BCUT2D eigenvalue weighted by molar-refractivity contribution is 5.77. The van der Waals surface area contributed by atoms with Crippen molar-refractivity contribution in [3.05, 3.63) is 0 Å². The van der Waals surface area contributed by atoms with Crippen LogP contribution in [0.1, 0.15) is 19.8 Å².